The Labute approximate surface area is 266 Å². The van der Waals surface area contributed by atoms with E-state index < -0.39 is 11.6 Å². The molecule has 5 rings (SSSR count). The zero-order valence-corrected chi connectivity index (χ0v) is 25.8. The predicted molar refractivity (Wildman–Crippen MR) is 172 cm³/mol. The van der Waals surface area contributed by atoms with Crippen LogP contribution in [-0.2, 0) is 16.0 Å². The van der Waals surface area contributed by atoms with Gasteiger partial charge in [0.1, 0.15) is 5.75 Å². The van der Waals surface area contributed by atoms with Crippen LogP contribution in [-0.4, -0.2) is 42.2 Å². The topological polar surface area (TPSA) is 129 Å². The Bertz CT molecular complexity index is 1540. The molecule has 11 heteroatoms. The van der Waals surface area contributed by atoms with Crippen LogP contribution in [0, 0.1) is 5.92 Å². The van der Waals surface area contributed by atoms with Gasteiger partial charge in [-0.2, -0.15) is 0 Å². The van der Waals surface area contributed by atoms with Gasteiger partial charge in [-0.05, 0) is 66.3 Å². The summed E-state index contributed by atoms with van der Waals surface area (Å²) in [6, 6.07) is 19.5. The maximum Gasteiger partial charge on any atom is 0.252 e. The molecule has 0 spiro atoms. The zero-order chi connectivity index (χ0) is 30.9. The van der Waals surface area contributed by atoms with Gasteiger partial charge >= 0.3 is 0 Å². The largest absolute Gasteiger partial charge is 0.494 e. The van der Waals surface area contributed by atoms with E-state index in [1.807, 2.05) is 24.3 Å². The average molecular weight is 637 g/mol. The summed E-state index contributed by atoms with van der Waals surface area (Å²) < 4.78 is 12.3. The van der Waals surface area contributed by atoms with Gasteiger partial charge in [0.2, 0.25) is 5.90 Å². The van der Waals surface area contributed by atoms with E-state index >= 15 is 0 Å². The molecule has 3 aromatic rings. The van der Waals surface area contributed by atoms with Crippen LogP contribution < -0.4 is 10.1 Å². The number of ether oxygens (including phenoxy) is 2. The quantitative estimate of drug-likeness (QED) is 0.0906. The second-order valence-corrected chi connectivity index (χ2v) is 12.0. The van der Waals surface area contributed by atoms with E-state index in [-0.39, 0.29) is 24.8 Å². The lowest BCUT2D eigenvalue weighted by Crippen LogP contribution is -2.51. The molecule has 1 aliphatic carbocycles. The maximum atomic E-state index is 14.5. The number of carbonyl (C=O) groups is 1. The molecule has 1 aliphatic heterocycles. The van der Waals surface area contributed by atoms with Crippen molar-refractivity contribution in [1.29, 1.82) is 0 Å². The predicted octanol–water partition coefficient (Wildman–Crippen LogP) is 7.89. The lowest BCUT2D eigenvalue weighted by Gasteiger charge is -2.32. The number of nitrogens with one attached hydrogen (secondary N) is 1. The van der Waals surface area contributed by atoms with Gasteiger partial charge in [-0.3, -0.25) is 4.79 Å². The van der Waals surface area contributed by atoms with Crippen LogP contribution in [0.4, 0.5) is 5.69 Å². The summed E-state index contributed by atoms with van der Waals surface area (Å²) in [4.78, 5) is 22.6. The van der Waals surface area contributed by atoms with Crippen molar-refractivity contribution in [2.45, 2.75) is 56.6 Å². The Kier molecular flexibility index (Phi) is 10.7. The van der Waals surface area contributed by atoms with E-state index in [2.05, 4.69) is 15.3 Å². The van der Waals surface area contributed by atoms with Gasteiger partial charge in [-0.25, -0.2) is 4.99 Å². The van der Waals surface area contributed by atoms with E-state index in [0.717, 1.165) is 25.7 Å². The highest BCUT2D eigenvalue weighted by Crippen LogP contribution is 2.46. The van der Waals surface area contributed by atoms with E-state index in [4.69, 9.17) is 42.8 Å². The van der Waals surface area contributed by atoms with E-state index in [1.165, 1.54) is 6.42 Å². The van der Waals surface area contributed by atoms with Crippen LogP contribution in [0.5, 0.6) is 5.75 Å². The number of azide groups is 1. The van der Waals surface area contributed by atoms with Gasteiger partial charge in [0.05, 0.1) is 6.61 Å². The minimum atomic E-state index is -1.49. The van der Waals surface area contributed by atoms with Gasteiger partial charge in [0, 0.05) is 57.8 Å². The smallest absolute Gasteiger partial charge is 0.252 e. The second-order valence-electron chi connectivity index (χ2n) is 11.2. The number of carbonyl (C=O) groups excluding carboxylic acids is 1. The number of nitrogens with zero attached hydrogens (tertiary/aromatic N) is 4. The summed E-state index contributed by atoms with van der Waals surface area (Å²) >= 11 is 13.0. The Morgan fingerprint density at radius 2 is 1.89 bits per heavy atom. The van der Waals surface area contributed by atoms with Crippen LogP contribution in [0.25, 0.3) is 10.4 Å². The van der Waals surface area contributed by atoms with Gasteiger partial charge in [-0.1, -0.05) is 77.9 Å². The molecule has 0 saturated heterocycles. The zero-order valence-electron chi connectivity index (χ0n) is 24.3. The molecule has 230 valence electrons. The molecule has 0 unspecified atom stereocenters. The third-order valence-corrected chi connectivity index (χ3v) is 8.72. The summed E-state index contributed by atoms with van der Waals surface area (Å²) in [5.74, 6) is 1.01. The minimum Gasteiger partial charge on any atom is -0.494 e. The first-order valence-electron chi connectivity index (χ1n) is 14.9. The Morgan fingerprint density at radius 3 is 2.61 bits per heavy atom. The first kappa shape index (κ1) is 31.7. The van der Waals surface area contributed by atoms with Crippen molar-refractivity contribution in [3.8, 4) is 5.75 Å². The van der Waals surface area contributed by atoms with E-state index in [0.29, 0.717) is 63.7 Å². The SMILES string of the molecule is [N-]=[N+]=Nc1ccccc1C[C@@]1(C(=O)NCC2CCCCC2)N=C(c2ccc(OCCCO)cc2)O[C@@H]1c1ccc(Cl)cc1Cl. The van der Waals surface area contributed by atoms with Crippen LogP contribution in [0.3, 0.4) is 0 Å². The number of benzene rings is 3. The molecule has 1 saturated carbocycles. The molecule has 1 amide bonds. The third kappa shape index (κ3) is 7.30. The Hall–Kier alpha value is -3.75. The van der Waals surface area contributed by atoms with Gasteiger partial charge in [-0.15, -0.1) is 0 Å². The lowest BCUT2D eigenvalue weighted by molar-refractivity contribution is -0.129. The van der Waals surface area contributed by atoms with Gasteiger partial charge < -0.3 is 19.9 Å². The van der Waals surface area contributed by atoms with Crippen molar-refractivity contribution < 1.29 is 19.4 Å². The average Bonchev–Trinajstić information content (AvgIpc) is 3.42. The van der Waals surface area contributed by atoms with E-state index in [9.17, 15) is 10.3 Å². The number of hydrogen-bond acceptors (Lipinski definition) is 6. The summed E-state index contributed by atoms with van der Waals surface area (Å²) in [6.07, 6.45) is 5.36. The third-order valence-electron chi connectivity index (χ3n) is 8.15. The number of rotatable bonds is 12. The van der Waals surface area contributed by atoms with Crippen molar-refractivity contribution in [3.05, 3.63) is 104 Å². The molecular formula is C33H35Cl2N5O4. The van der Waals surface area contributed by atoms with Gasteiger partial charge in [0.15, 0.2) is 11.6 Å². The van der Waals surface area contributed by atoms with Crippen molar-refractivity contribution in [2.75, 3.05) is 19.8 Å². The fraction of sp³-hybridized carbons (Fsp3) is 0.394. The summed E-state index contributed by atoms with van der Waals surface area (Å²) in [5, 5.41) is 17.0. The van der Waals surface area contributed by atoms with Crippen LogP contribution in [0.15, 0.2) is 76.8 Å². The molecule has 1 heterocycles. The minimum absolute atomic E-state index is 0.0467. The maximum absolute atomic E-state index is 14.5. The van der Waals surface area contributed by atoms with Crippen molar-refractivity contribution in [2.24, 2.45) is 16.0 Å². The van der Waals surface area contributed by atoms with E-state index in [1.54, 1.807) is 42.5 Å². The number of hydrogen-bond donors (Lipinski definition) is 2. The first-order valence-corrected chi connectivity index (χ1v) is 15.7. The summed E-state index contributed by atoms with van der Waals surface area (Å²) in [5.41, 5.74) is 10.0. The van der Waals surface area contributed by atoms with Crippen molar-refractivity contribution in [3.63, 3.8) is 0 Å². The number of amides is 1. The Morgan fingerprint density at radius 1 is 1.11 bits per heavy atom. The molecule has 2 N–H and O–H groups in total. The summed E-state index contributed by atoms with van der Waals surface area (Å²) in [6.45, 7) is 0.967. The molecule has 1 fully saturated rings. The first-order chi connectivity index (χ1) is 21.4. The second kappa shape index (κ2) is 14.8. The molecule has 2 atom stereocenters. The highest BCUT2D eigenvalue weighted by Gasteiger charge is 2.54. The van der Waals surface area contributed by atoms with Crippen molar-refractivity contribution >= 4 is 40.7 Å². The number of aliphatic hydroxyl groups is 1. The molecule has 3 aromatic carbocycles. The number of halogens is 2. The normalized spacial score (nSPS) is 19.9. The van der Waals surface area contributed by atoms with Crippen LogP contribution in [0.2, 0.25) is 10.0 Å². The molecule has 0 aromatic heterocycles. The summed E-state index contributed by atoms with van der Waals surface area (Å²) in [7, 11) is 0. The molecule has 44 heavy (non-hydrogen) atoms. The Balaban J connectivity index is 1.59. The molecular weight excluding hydrogens is 601 g/mol. The fourth-order valence-electron chi connectivity index (χ4n) is 5.85. The van der Waals surface area contributed by atoms with Crippen LogP contribution in [0.1, 0.15) is 61.3 Å². The standard InChI is InChI=1S/C33H35Cl2N5O4/c34-25-13-16-27(28(35)19-25)30-33(20-24-9-4-5-10-29(24)39-40-36,32(42)37-21-22-7-2-1-3-8-22)38-31(44-30)23-11-14-26(15-12-23)43-18-6-17-41/h4-5,9-16,19,22,30,41H,1-3,6-8,17-18,20-21H2,(H,37,42)/t30-,33-/m1/s1. The van der Waals surface area contributed by atoms with Crippen LogP contribution >= 0.6 is 23.2 Å². The van der Waals surface area contributed by atoms with Crippen molar-refractivity contribution in [1.82, 2.24) is 5.32 Å². The highest BCUT2D eigenvalue weighted by atomic mass is 35.5. The molecule has 0 radical (unpaired) electrons. The molecule has 2 aliphatic rings. The number of aliphatic hydroxyl groups excluding tert-OH is 1. The lowest BCUT2D eigenvalue weighted by atomic mass is 9.81. The number of aliphatic imine (C=N–C) groups is 1. The fourth-order valence-corrected chi connectivity index (χ4v) is 6.36. The van der Waals surface area contributed by atoms with Gasteiger partial charge in [0.25, 0.3) is 5.91 Å². The molecule has 9 nitrogen and oxygen atoms in total. The monoisotopic (exact) mass is 635 g/mol. The highest BCUT2D eigenvalue weighted by molar-refractivity contribution is 6.35. The molecule has 0 bridgehead atoms.